The molecule has 0 aliphatic rings. The van der Waals surface area contributed by atoms with Gasteiger partial charge in [0.15, 0.2) is 0 Å². The molecule has 0 radical (unpaired) electrons. The van der Waals surface area contributed by atoms with Gasteiger partial charge in [-0.3, -0.25) is 4.98 Å². The highest BCUT2D eigenvalue weighted by Crippen LogP contribution is 2.25. The van der Waals surface area contributed by atoms with Crippen molar-refractivity contribution in [2.24, 2.45) is 0 Å². The van der Waals surface area contributed by atoms with Crippen LogP contribution in [0.1, 0.15) is 5.69 Å². The number of nitrogens with zero attached hydrogens (tertiary/aromatic N) is 2. The van der Waals surface area contributed by atoms with Gasteiger partial charge in [0.1, 0.15) is 0 Å². The van der Waals surface area contributed by atoms with Crippen molar-refractivity contribution in [3.63, 3.8) is 0 Å². The predicted octanol–water partition coefficient (Wildman–Crippen LogP) is 2.15. The maximum atomic E-state index is 5.91. The lowest BCUT2D eigenvalue weighted by Gasteiger charge is -2.09. The zero-order valence-corrected chi connectivity index (χ0v) is 9.72. The van der Waals surface area contributed by atoms with Gasteiger partial charge >= 0.3 is 0 Å². The Morgan fingerprint density at radius 3 is 3.06 bits per heavy atom. The van der Waals surface area contributed by atoms with E-state index >= 15 is 0 Å². The number of benzene rings is 1. The van der Waals surface area contributed by atoms with Crippen molar-refractivity contribution in [2.75, 3.05) is 11.1 Å². The fourth-order valence-corrected chi connectivity index (χ4v) is 1.92. The van der Waals surface area contributed by atoms with E-state index < -0.39 is 0 Å². The van der Waals surface area contributed by atoms with Crippen LogP contribution in [0.15, 0.2) is 43.0 Å². The van der Waals surface area contributed by atoms with Crippen LogP contribution in [0.2, 0.25) is 0 Å². The topological polar surface area (TPSA) is 79.6 Å². The molecule has 4 N–H and O–H groups in total. The van der Waals surface area contributed by atoms with E-state index in [4.69, 9.17) is 5.73 Å². The molecular weight excluding hydrogens is 226 g/mol. The molecule has 0 spiro atoms. The molecule has 0 bridgehead atoms. The van der Waals surface area contributed by atoms with E-state index in [1.165, 1.54) is 0 Å². The molecule has 0 amide bonds. The number of nitrogens with one attached hydrogen (secondary N) is 2. The summed E-state index contributed by atoms with van der Waals surface area (Å²) in [6.07, 6.45) is 5.22. The highest BCUT2D eigenvalue weighted by atomic mass is 14.9. The molecule has 0 fully saturated rings. The normalized spacial score (nSPS) is 10.7. The van der Waals surface area contributed by atoms with E-state index in [0.29, 0.717) is 12.2 Å². The Morgan fingerprint density at radius 1 is 1.28 bits per heavy atom. The van der Waals surface area contributed by atoms with E-state index in [1.54, 1.807) is 18.7 Å². The summed E-state index contributed by atoms with van der Waals surface area (Å²) in [6, 6.07) is 7.74. The average Bonchev–Trinajstić information content (AvgIpc) is 2.90. The van der Waals surface area contributed by atoms with Gasteiger partial charge in [-0.1, -0.05) is 12.1 Å². The molecule has 5 heteroatoms. The molecule has 5 nitrogen and oxygen atoms in total. The first-order valence-electron chi connectivity index (χ1n) is 5.69. The molecule has 1 aromatic carbocycles. The fourth-order valence-electron chi connectivity index (χ4n) is 1.92. The van der Waals surface area contributed by atoms with E-state index in [9.17, 15) is 0 Å². The van der Waals surface area contributed by atoms with Gasteiger partial charge in [0.05, 0.1) is 29.8 Å². The van der Waals surface area contributed by atoms with Crippen LogP contribution in [0.25, 0.3) is 10.9 Å². The van der Waals surface area contributed by atoms with Crippen molar-refractivity contribution in [3.05, 3.63) is 48.7 Å². The molecule has 0 atom stereocenters. The highest BCUT2D eigenvalue weighted by Gasteiger charge is 2.04. The summed E-state index contributed by atoms with van der Waals surface area (Å²) in [5, 5.41) is 4.38. The quantitative estimate of drug-likeness (QED) is 0.612. The van der Waals surface area contributed by atoms with Crippen LogP contribution in [-0.4, -0.2) is 15.0 Å². The molecule has 2 aromatic heterocycles. The van der Waals surface area contributed by atoms with Crippen LogP contribution in [0.3, 0.4) is 0 Å². The number of anilines is 2. The third-order valence-corrected chi connectivity index (χ3v) is 2.83. The summed E-state index contributed by atoms with van der Waals surface area (Å²) < 4.78 is 0. The molecule has 90 valence electrons. The third-order valence-electron chi connectivity index (χ3n) is 2.83. The smallest absolute Gasteiger partial charge is 0.0951 e. The summed E-state index contributed by atoms with van der Waals surface area (Å²) in [6.45, 7) is 0.688. The zero-order chi connectivity index (χ0) is 12.4. The lowest BCUT2D eigenvalue weighted by Crippen LogP contribution is -2.01. The molecule has 3 aromatic rings. The molecule has 3 rings (SSSR count). The van der Waals surface area contributed by atoms with Crippen LogP contribution >= 0.6 is 0 Å². The van der Waals surface area contributed by atoms with Crippen molar-refractivity contribution in [1.29, 1.82) is 0 Å². The number of rotatable bonds is 3. The van der Waals surface area contributed by atoms with E-state index in [-0.39, 0.29) is 0 Å². The second-order valence-corrected chi connectivity index (χ2v) is 4.03. The number of nitrogens with two attached hydrogens (primary N) is 1. The molecule has 0 saturated heterocycles. The number of para-hydroxylation sites is 1. The zero-order valence-electron chi connectivity index (χ0n) is 9.72. The number of imidazole rings is 1. The minimum absolute atomic E-state index is 0.688. The molecule has 0 unspecified atom stereocenters. The van der Waals surface area contributed by atoms with Gasteiger partial charge in [-0.2, -0.15) is 0 Å². The highest BCUT2D eigenvalue weighted by molar-refractivity contribution is 5.97. The summed E-state index contributed by atoms with van der Waals surface area (Å²) in [7, 11) is 0. The number of H-pyrrole nitrogens is 1. The molecule has 18 heavy (non-hydrogen) atoms. The van der Waals surface area contributed by atoms with Crippen molar-refractivity contribution in [3.8, 4) is 0 Å². The first-order chi connectivity index (χ1) is 8.84. The molecule has 0 aliphatic heterocycles. The van der Waals surface area contributed by atoms with E-state index in [0.717, 1.165) is 22.3 Å². The number of aromatic nitrogens is 3. The summed E-state index contributed by atoms with van der Waals surface area (Å²) in [5.41, 5.74) is 9.47. The second kappa shape index (κ2) is 4.37. The molecule has 0 saturated carbocycles. The Kier molecular flexibility index (Phi) is 2.57. The van der Waals surface area contributed by atoms with Gasteiger partial charge in [-0.25, -0.2) is 4.98 Å². The largest absolute Gasteiger partial charge is 0.397 e. The summed E-state index contributed by atoms with van der Waals surface area (Å²) >= 11 is 0. The van der Waals surface area contributed by atoms with E-state index in [1.807, 2.05) is 24.3 Å². The van der Waals surface area contributed by atoms with Gasteiger partial charge in [0.2, 0.25) is 0 Å². The number of pyridine rings is 1. The van der Waals surface area contributed by atoms with Crippen molar-refractivity contribution in [2.45, 2.75) is 6.54 Å². The first kappa shape index (κ1) is 10.6. The first-order valence-corrected chi connectivity index (χ1v) is 5.69. The third kappa shape index (κ3) is 1.86. The van der Waals surface area contributed by atoms with Gasteiger partial charge in [0, 0.05) is 23.5 Å². The SMILES string of the molecule is Nc1cccc2c(NCc3cnc[nH]3)ccnc12. The standard InChI is InChI=1S/C13H13N5/c14-11-3-1-2-10-12(4-5-16-13(10)11)17-7-9-6-15-8-18-9/h1-6,8H,7,14H2,(H,15,18)(H,16,17). The Morgan fingerprint density at radius 2 is 2.22 bits per heavy atom. The van der Waals surface area contributed by atoms with Crippen molar-refractivity contribution < 1.29 is 0 Å². The van der Waals surface area contributed by atoms with Gasteiger partial charge in [-0.05, 0) is 12.1 Å². The Labute approximate surface area is 104 Å². The van der Waals surface area contributed by atoms with Crippen LogP contribution in [0.5, 0.6) is 0 Å². The number of fused-ring (bicyclic) bond motifs is 1. The molecular formula is C13H13N5. The number of hydrogen-bond acceptors (Lipinski definition) is 4. The molecule has 0 aliphatic carbocycles. The fraction of sp³-hybridized carbons (Fsp3) is 0.0769. The van der Waals surface area contributed by atoms with Crippen LogP contribution < -0.4 is 11.1 Å². The maximum Gasteiger partial charge on any atom is 0.0951 e. The lowest BCUT2D eigenvalue weighted by atomic mass is 10.1. The minimum atomic E-state index is 0.688. The Hall–Kier alpha value is -2.56. The summed E-state index contributed by atoms with van der Waals surface area (Å²) in [4.78, 5) is 11.3. The van der Waals surface area contributed by atoms with Crippen molar-refractivity contribution in [1.82, 2.24) is 15.0 Å². The second-order valence-electron chi connectivity index (χ2n) is 4.03. The van der Waals surface area contributed by atoms with Crippen LogP contribution in [0.4, 0.5) is 11.4 Å². The Balaban J connectivity index is 1.94. The van der Waals surface area contributed by atoms with Gasteiger partial charge in [-0.15, -0.1) is 0 Å². The van der Waals surface area contributed by atoms with E-state index in [2.05, 4.69) is 20.3 Å². The number of aromatic amines is 1. The van der Waals surface area contributed by atoms with Crippen LogP contribution in [-0.2, 0) is 6.54 Å². The van der Waals surface area contributed by atoms with Crippen molar-refractivity contribution >= 4 is 22.3 Å². The minimum Gasteiger partial charge on any atom is -0.397 e. The van der Waals surface area contributed by atoms with Crippen LogP contribution in [0, 0.1) is 0 Å². The Bertz CT molecular complexity index is 660. The number of nitrogen functional groups attached to an aromatic ring is 1. The molecule has 2 heterocycles. The lowest BCUT2D eigenvalue weighted by molar-refractivity contribution is 1.08. The monoisotopic (exact) mass is 239 g/mol. The predicted molar refractivity (Wildman–Crippen MR) is 72.1 cm³/mol. The van der Waals surface area contributed by atoms with Gasteiger partial charge < -0.3 is 16.0 Å². The average molecular weight is 239 g/mol. The number of hydrogen-bond donors (Lipinski definition) is 3. The van der Waals surface area contributed by atoms with Gasteiger partial charge in [0.25, 0.3) is 0 Å². The summed E-state index contributed by atoms with van der Waals surface area (Å²) in [5.74, 6) is 0. The maximum absolute atomic E-state index is 5.91.